The van der Waals surface area contributed by atoms with Crippen LogP contribution in [0.25, 0.3) is 0 Å². The van der Waals surface area contributed by atoms with Crippen LogP contribution in [0.1, 0.15) is 55.4 Å². The molecule has 10 nitrogen and oxygen atoms in total. The summed E-state index contributed by atoms with van der Waals surface area (Å²) in [5.74, 6) is 0.963. The summed E-state index contributed by atoms with van der Waals surface area (Å²) in [5, 5.41) is 12.0. The third kappa shape index (κ3) is 10.6. The summed E-state index contributed by atoms with van der Waals surface area (Å²) in [6.07, 6.45) is 1.51. The molecular weight excluding hydrogens is 600 g/mol. The van der Waals surface area contributed by atoms with Crippen molar-refractivity contribution >= 4 is 55.4 Å². The molecule has 0 aliphatic heterocycles. The van der Waals surface area contributed by atoms with Crippen LogP contribution < -0.4 is 19.7 Å². The van der Waals surface area contributed by atoms with Gasteiger partial charge in [0.15, 0.2) is 11.5 Å². The van der Waals surface area contributed by atoms with E-state index in [2.05, 4.69) is 47.1 Å². The van der Waals surface area contributed by atoms with Crippen molar-refractivity contribution in [2.24, 2.45) is 0 Å². The number of carbonyl (C=O) groups excluding carboxylic acids is 1. The molecule has 0 aliphatic carbocycles. The topological polar surface area (TPSA) is 123 Å². The lowest BCUT2D eigenvalue weighted by molar-refractivity contribution is 0.0635. The minimum absolute atomic E-state index is 0.452. The minimum Gasteiger partial charge on any atom is -0.490 e. The third-order valence-electron chi connectivity index (χ3n) is 3.99. The first-order chi connectivity index (χ1) is 16.6. The number of amides is 2. The molecule has 2 rings (SSSR count). The zero-order valence-corrected chi connectivity index (χ0v) is 25.0. The number of halogens is 2. The fourth-order valence-electron chi connectivity index (χ4n) is 2.80. The van der Waals surface area contributed by atoms with Crippen molar-refractivity contribution in [2.45, 2.75) is 66.5 Å². The van der Waals surface area contributed by atoms with Crippen molar-refractivity contribution < 1.29 is 28.9 Å². The van der Waals surface area contributed by atoms with Crippen LogP contribution in [0.2, 0.25) is 0 Å². The first kappa shape index (κ1) is 31.4. The second-order valence-electron chi connectivity index (χ2n) is 9.26. The predicted octanol–water partition coefficient (Wildman–Crippen LogP) is 7.12. The third-order valence-corrected chi connectivity index (χ3v) is 4.85. The van der Waals surface area contributed by atoms with Gasteiger partial charge < -0.3 is 19.3 Å². The van der Waals surface area contributed by atoms with E-state index in [1.807, 2.05) is 34.6 Å². The highest BCUT2D eigenvalue weighted by Crippen LogP contribution is 2.34. The van der Waals surface area contributed by atoms with Crippen molar-refractivity contribution in [2.75, 3.05) is 23.4 Å². The number of nitrogens with zero attached hydrogens (tertiary/aromatic N) is 3. The van der Waals surface area contributed by atoms with Gasteiger partial charge in [-0.05, 0) is 99.4 Å². The minimum atomic E-state index is -1.03. The Hall–Kier alpha value is -2.60. The molecule has 2 aromatic rings. The molecule has 0 spiro atoms. The summed E-state index contributed by atoms with van der Waals surface area (Å²) in [4.78, 5) is 32.5. The van der Waals surface area contributed by atoms with Gasteiger partial charge in [0.1, 0.15) is 14.8 Å². The molecule has 0 bridgehead atoms. The van der Waals surface area contributed by atoms with Gasteiger partial charge in [-0.2, -0.15) is 0 Å². The molecule has 0 aromatic carbocycles. The number of pyridine rings is 2. The largest absolute Gasteiger partial charge is 0.490 e. The van der Waals surface area contributed by atoms with Crippen LogP contribution in [0.4, 0.5) is 21.0 Å². The van der Waals surface area contributed by atoms with E-state index in [0.29, 0.717) is 45.3 Å². The summed E-state index contributed by atoms with van der Waals surface area (Å²) in [6.45, 7) is 15.5. The smallest absolute Gasteiger partial charge is 0.412 e. The number of rotatable bonds is 6. The second kappa shape index (κ2) is 13.6. The average Bonchev–Trinajstić information content (AvgIpc) is 2.70. The fourth-order valence-corrected chi connectivity index (χ4v) is 3.45. The zero-order chi connectivity index (χ0) is 27.7. The maximum atomic E-state index is 11.7. The molecule has 0 aliphatic rings. The molecule has 2 amide bonds. The number of ether oxygens (including phenoxy) is 3. The summed E-state index contributed by atoms with van der Waals surface area (Å²) in [6, 6.07) is 3.30. The lowest BCUT2D eigenvalue weighted by atomic mass is 10.1. The Balaban J connectivity index is 0.000000360. The molecular formula is C24H34Br2N4O6. The monoisotopic (exact) mass is 632 g/mol. The van der Waals surface area contributed by atoms with E-state index in [4.69, 9.17) is 14.2 Å². The quantitative estimate of drug-likeness (QED) is 0.322. The summed E-state index contributed by atoms with van der Waals surface area (Å²) in [5.41, 5.74) is -0.106. The molecule has 0 radical (unpaired) electrons. The number of nitrogens with one attached hydrogen (secondary N) is 1. The van der Waals surface area contributed by atoms with E-state index in [-0.39, 0.29) is 0 Å². The van der Waals surface area contributed by atoms with Gasteiger partial charge in [-0.1, -0.05) is 0 Å². The van der Waals surface area contributed by atoms with Gasteiger partial charge in [0.05, 0.1) is 37.0 Å². The Morgan fingerprint density at radius 2 is 1.44 bits per heavy atom. The Bertz CT molecular complexity index is 1040. The number of hydrogen-bond acceptors (Lipinski definition) is 7. The molecule has 200 valence electrons. The number of carboxylic acid groups (broad SMARTS) is 1. The maximum absolute atomic E-state index is 11.7. The highest BCUT2D eigenvalue weighted by atomic mass is 79.9. The Labute approximate surface area is 229 Å². The predicted molar refractivity (Wildman–Crippen MR) is 146 cm³/mol. The fraction of sp³-hybridized carbons (Fsp3) is 0.500. The first-order valence-electron chi connectivity index (χ1n) is 11.2. The van der Waals surface area contributed by atoms with Gasteiger partial charge in [-0.15, -0.1) is 0 Å². The van der Waals surface area contributed by atoms with Crippen LogP contribution in [0.3, 0.4) is 0 Å². The molecule has 0 atom stereocenters. The van der Waals surface area contributed by atoms with E-state index in [9.17, 15) is 14.7 Å². The SMILES string of the molecule is CCOc1cnc(Br)cc1N(C(=O)O)C(C)(C)C.CCOc1cnc(Br)cc1NC(=O)OC(C)(C)C. The van der Waals surface area contributed by atoms with Gasteiger partial charge in [-0.3, -0.25) is 10.2 Å². The van der Waals surface area contributed by atoms with Crippen molar-refractivity contribution in [3.63, 3.8) is 0 Å². The van der Waals surface area contributed by atoms with E-state index in [0.717, 1.165) is 0 Å². The van der Waals surface area contributed by atoms with Crippen LogP contribution in [0.15, 0.2) is 33.7 Å². The number of carbonyl (C=O) groups is 2. The van der Waals surface area contributed by atoms with Gasteiger partial charge in [0, 0.05) is 5.54 Å². The second-order valence-corrected chi connectivity index (χ2v) is 10.9. The molecule has 0 fully saturated rings. The lowest BCUT2D eigenvalue weighted by Crippen LogP contribution is -2.45. The Morgan fingerprint density at radius 1 is 0.944 bits per heavy atom. The molecule has 12 heteroatoms. The van der Waals surface area contributed by atoms with Crippen molar-refractivity contribution in [1.29, 1.82) is 0 Å². The maximum Gasteiger partial charge on any atom is 0.412 e. The van der Waals surface area contributed by atoms with Gasteiger partial charge >= 0.3 is 12.2 Å². The van der Waals surface area contributed by atoms with Gasteiger partial charge in [-0.25, -0.2) is 19.6 Å². The number of aromatic nitrogens is 2. The van der Waals surface area contributed by atoms with Crippen molar-refractivity contribution in [3.05, 3.63) is 33.7 Å². The van der Waals surface area contributed by atoms with Crippen LogP contribution in [-0.4, -0.2) is 51.6 Å². The molecule has 0 unspecified atom stereocenters. The van der Waals surface area contributed by atoms with E-state index in [1.54, 1.807) is 39.1 Å². The average molecular weight is 634 g/mol. The summed E-state index contributed by atoms with van der Waals surface area (Å²) >= 11 is 6.49. The molecule has 2 N–H and O–H groups in total. The molecule has 0 saturated carbocycles. The van der Waals surface area contributed by atoms with E-state index in [1.165, 1.54) is 11.1 Å². The highest BCUT2D eigenvalue weighted by molar-refractivity contribution is 9.10. The summed E-state index contributed by atoms with van der Waals surface area (Å²) in [7, 11) is 0. The number of hydrogen-bond donors (Lipinski definition) is 2. The van der Waals surface area contributed by atoms with E-state index >= 15 is 0 Å². The van der Waals surface area contributed by atoms with Crippen LogP contribution in [0.5, 0.6) is 11.5 Å². The zero-order valence-electron chi connectivity index (χ0n) is 21.8. The van der Waals surface area contributed by atoms with Crippen LogP contribution >= 0.6 is 31.9 Å². The van der Waals surface area contributed by atoms with Crippen LogP contribution in [0, 0.1) is 0 Å². The molecule has 2 heterocycles. The standard InChI is InChI=1S/2C12H17BrN2O3/c1-5-17-9-7-14-10(13)6-8(9)15-11(16)18-12(2,3)4;1-5-18-9-7-14-10(13)6-8(9)15(11(16)17)12(2,3)4/h6-7H,5H2,1-4H3,(H,14,15,16);6-7H,5H2,1-4H3,(H,16,17). The van der Waals surface area contributed by atoms with Gasteiger partial charge in [0.25, 0.3) is 0 Å². The molecule has 2 aromatic heterocycles. The van der Waals surface area contributed by atoms with Crippen molar-refractivity contribution in [1.82, 2.24) is 9.97 Å². The van der Waals surface area contributed by atoms with E-state index < -0.39 is 23.3 Å². The molecule has 0 saturated heterocycles. The van der Waals surface area contributed by atoms with Crippen LogP contribution in [-0.2, 0) is 4.74 Å². The Kier molecular flexibility index (Phi) is 11.9. The summed E-state index contributed by atoms with van der Waals surface area (Å²) < 4.78 is 17.1. The van der Waals surface area contributed by atoms with Crippen molar-refractivity contribution in [3.8, 4) is 11.5 Å². The number of anilines is 2. The normalized spacial score (nSPS) is 11.1. The highest BCUT2D eigenvalue weighted by Gasteiger charge is 2.30. The molecule has 36 heavy (non-hydrogen) atoms. The van der Waals surface area contributed by atoms with Gasteiger partial charge in [0.2, 0.25) is 0 Å². The first-order valence-corrected chi connectivity index (χ1v) is 12.8. The Morgan fingerprint density at radius 3 is 1.92 bits per heavy atom. The lowest BCUT2D eigenvalue weighted by Gasteiger charge is -2.34.